The molecule has 1 unspecified atom stereocenters. The summed E-state index contributed by atoms with van der Waals surface area (Å²) in [7, 11) is 2.19. The van der Waals surface area contributed by atoms with E-state index in [-0.39, 0.29) is 11.3 Å². The van der Waals surface area contributed by atoms with Gasteiger partial charge in [-0.2, -0.15) is 0 Å². The Morgan fingerprint density at radius 3 is 2.71 bits per heavy atom. The first-order valence-corrected chi connectivity index (χ1v) is 8.49. The van der Waals surface area contributed by atoms with Gasteiger partial charge in [0.2, 0.25) is 0 Å². The highest BCUT2D eigenvalue weighted by Crippen LogP contribution is 2.43. The minimum absolute atomic E-state index is 0.177. The van der Waals surface area contributed by atoms with Crippen LogP contribution in [0.5, 0.6) is 5.75 Å². The van der Waals surface area contributed by atoms with E-state index in [0.717, 1.165) is 17.7 Å². The van der Waals surface area contributed by atoms with Crippen molar-refractivity contribution in [2.75, 3.05) is 11.9 Å². The maximum atomic E-state index is 9.56. The molecule has 126 valence electrons. The van der Waals surface area contributed by atoms with E-state index in [4.69, 9.17) is 0 Å². The van der Waals surface area contributed by atoms with Gasteiger partial charge in [0, 0.05) is 30.6 Å². The number of nitrogens with zero attached hydrogens (tertiary/aromatic N) is 2. The zero-order valence-electron chi connectivity index (χ0n) is 15.2. The van der Waals surface area contributed by atoms with E-state index in [0.29, 0.717) is 5.92 Å². The van der Waals surface area contributed by atoms with Crippen molar-refractivity contribution in [3.63, 3.8) is 0 Å². The molecular weight excluding hydrogens is 296 g/mol. The monoisotopic (exact) mass is 322 g/mol. The lowest BCUT2D eigenvalue weighted by Gasteiger charge is -2.45. The van der Waals surface area contributed by atoms with Crippen LogP contribution in [0.3, 0.4) is 0 Å². The number of aliphatic imine (C=N–C) groups is 1. The van der Waals surface area contributed by atoms with E-state index < -0.39 is 0 Å². The number of phenolic OH excluding ortho intramolecular Hbond substituents is 1. The number of anilines is 1. The maximum Gasteiger partial charge on any atom is 0.117 e. The zero-order valence-corrected chi connectivity index (χ0v) is 15.2. The third-order valence-electron chi connectivity index (χ3n) is 5.20. The number of aryl methyl sites for hydroxylation is 1. The van der Waals surface area contributed by atoms with Gasteiger partial charge in [0.15, 0.2) is 0 Å². The van der Waals surface area contributed by atoms with Gasteiger partial charge in [-0.3, -0.25) is 4.99 Å². The van der Waals surface area contributed by atoms with Crippen molar-refractivity contribution in [1.29, 1.82) is 0 Å². The summed E-state index contributed by atoms with van der Waals surface area (Å²) in [5.74, 6) is 0.768. The van der Waals surface area contributed by atoms with Crippen LogP contribution in [0.25, 0.3) is 0 Å². The van der Waals surface area contributed by atoms with Crippen LogP contribution in [0.15, 0.2) is 41.4 Å². The van der Waals surface area contributed by atoms with Crippen LogP contribution in [0, 0.1) is 6.92 Å². The fraction of sp³-hybridized carbons (Fsp3) is 0.381. The van der Waals surface area contributed by atoms with Crippen LogP contribution < -0.4 is 4.90 Å². The van der Waals surface area contributed by atoms with Gasteiger partial charge in [-0.25, -0.2) is 0 Å². The Bertz CT molecular complexity index is 792. The molecule has 2 aromatic carbocycles. The largest absolute Gasteiger partial charge is 0.508 e. The molecule has 3 heteroatoms. The third-order valence-corrected chi connectivity index (χ3v) is 5.20. The van der Waals surface area contributed by atoms with Gasteiger partial charge in [-0.15, -0.1) is 0 Å². The Hall–Kier alpha value is -2.29. The number of phenols is 1. The van der Waals surface area contributed by atoms with Crippen LogP contribution in [0.1, 0.15) is 49.8 Å². The summed E-state index contributed by atoms with van der Waals surface area (Å²) in [6.45, 7) is 9.04. The molecule has 0 amide bonds. The molecule has 0 aliphatic carbocycles. The normalized spacial score (nSPS) is 19.5. The van der Waals surface area contributed by atoms with Gasteiger partial charge in [0.05, 0.1) is 5.69 Å². The molecule has 24 heavy (non-hydrogen) atoms. The van der Waals surface area contributed by atoms with Crippen LogP contribution in [0.4, 0.5) is 11.4 Å². The smallest absolute Gasteiger partial charge is 0.117 e. The quantitative estimate of drug-likeness (QED) is 0.774. The molecule has 1 heterocycles. The molecule has 0 bridgehead atoms. The first-order valence-electron chi connectivity index (χ1n) is 8.49. The fourth-order valence-electron chi connectivity index (χ4n) is 3.59. The number of hydrogen-bond acceptors (Lipinski definition) is 3. The van der Waals surface area contributed by atoms with Crippen LogP contribution in [-0.4, -0.2) is 23.9 Å². The topological polar surface area (TPSA) is 35.8 Å². The molecule has 0 aromatic heterocycles. The molecule has 1 aliphatic rings. The molecule has 0 radical (unpaired) electrons. The Labute approximate surface area is 144 Å². The summed E-state index contributed by atoms with van der Waals surface area (Å²) < 4.78 is 0. The lowest BCUT2D eigenvalue weighted by molar-refractivity contribution is 0.395. The van der Waals surface area contributed by atoms with Crippen molar-refractivity contribution < 1.29 is 5.11 Å². The Morgan fingerprint density at radius 1 is 1.25 bits per heavy atom. The third kappa shape index (κ3) is 3.03. The second-order valence-electron chi connectivity index (χ2n) is 7.52. The van der Waals surface area contributed by atoms with Crippen molar-refractivity contribution in [3.05, 3.63) is 53.1 Å². The van der Waals surface area contributed by atoms with E-state index in [1.165, 1.54) is 16.8 Å². The Morgan fingerprint density at radius 2 is 2.00 bits per heavy atom. The molecule has 1 aliphatic heterocycles. The van der Waals surface area contributed by atoms with Gasteiger partial charge in [-0.1, -0.05) is 13.0 Å². The molecule has 1 atom stereocenters. The summed E-state index contributed by atoms with van der Waals surface area (Å²) in [6, 6.07) is 11.6. The highest BCUT2D eigenvalue weighted by atomic mass is 16.3. The van der Waals surface area contributed by atoms with Crippen LogP contribution in [-0.2, 0) is 0 Å². The highest BCUT2D eigenvalue weighted by Gasteiger charge is 2.34. The van der Waals surface area contributed by atoms with E-state index in [2.05, 4.69) is 56.8 Å². The number of benzene rings is 2. The second kappa shape index (κ2) is 5.97. The van der Waals surface area contributed by atoms with E-state index in [9.17, 15) is 5.11 Å². The zero-order chi connectivity index (χ0) is 17.5. The van der Waals surface area contributed by atoms with Gasteiger partial charge < -0.3 is 10.0 Å². The lowest BCUT2D eigenvalue weighted by Crippen LogP contribution is -2.45. The summed E-state index contributed by atoms with van der Waals surface area (Å²) in [6.07, 6.45) is 3.04. The molecule has 1 N–H and O–H groups in total. The number of fused-ring (bicyclic) bond motifs is 1. The highest BCUT2D eigenvalue weighted by molar-refractivity contribution is 5.86. The SMILES string of the molecule is Cc1cc2c(cc1C=Nc1cccc(O)c1)C(C)CC(C)(C)N2C. The second-order valence-corrected chi connectivity index (χ2v) is 7.52. The summed E-state index contributed by atoms with van der Waals surface area (Å²) in [4.78, 5) is 6.92. The van der Waals surface area contributed by atoms with E-state index in [1.807, 2.05) is 12.3 Å². The average molecular weight is 322 g/mol. The van der Waals surface area contributed by atoms with Crippen LogP contribution in [0.2, 0.25) is 0 Å². The van der Waals surface area contributed by atoms with E-state index >= 15 is 0 Å². The van der Waals surface area contributed by atoms with Gasteiger partial charge in [-0.05, 0) is 74.1 Å². The standard InChI is InChI=1S/C21H26N2O/c1-14-9-20-19(15(2)12-21(3,4)23(20)5)10-16(14)13-22-17-7-6-8-18(24)11-17/h6-11,13,15,24H,12H2,1-5H3. The van der Waals surface area contributed by atoms with Crippen molar-refractivity contribution in [3.8, 4) is 5.75 Å². The van der Waals surface area contributed by atoms with Crippen LogP contribution >= 0.6 is 0 Å². The predicted octanol–water partition coefficient (Wildman–Crippen LogP) is 5.17. The molecule has 0 saturated carbocycles. The molecule has 3 nitrogen and oxygen atoms in total. The van der Waals surface area contributed by atoms with Gasteiger partial charge >= 0.3 is 0 Å². The summed E-state index contributed by atoms with van der Waals surface area (Å²) in [5, 5.41) is 9.56. The molecule has 3 rings (SSSR count). The maximum absolute atomic E-state index is 9.56. The summed E-state index contributed by atoms with van der Waals surface area (Å²) >= 11 is 0. The molecule has 0 saturated heterocycles. The van der Waals surface area contributed by atoms with Crippen molar-refractivity contribution in [2.24, 2.45) is 4.99 Å². The average Bonchev–Trinajstić information content (AvgIpc) is 2.51. The van der Waals surface area contributed by atoms with E-state index in [1.54, 1.807) is 18.2 Å². The minimum atomic E-state index is 0.177. The van der Waals surface area contributed by atoms with Gasteiger partial charge in [0.25, 0.3) is 0 Å². The first-order chi connectivity index (χ1) is 11.3. The molecule has 0 fully saturated rings. The van der Waals surface area contributed by atoms with Crippen molar-refractivity contribution in [1.82, 2.24) is 0 Å². The minimum Gasteiger partial charge on any atom is -0.508 e. The fourth-order valence-corrected chi connectivity index (χ4v) is 3.59. The molecular formula is C21H26N2O. The van der Waals surface area contributed by atoms with Crippen molar-refractivity contribution in [2.45, 2.75) is 45.6 Å². The Kier molecular flexibility index (Phi) is 4.12. The van der Waals surface area contributed by atoms with Crippen molar-refractivity contribution >= 4 is 17.6 Å². The van der Waals surface area contributed by atoms with Gasteiger partial charge in [0.1, 0.15) is 5.75 Å². The number of aromatic hydroxyl groups is 1. The number of rotatable bonds is 2. The lowest BCUT2D eigenvalue weighted by atomic mass is 9.79. The Balaban J connectivity index is 1.99. The molecule has 0 spiro atoms. The number of hydrogen-bond donors (Lipinski definition) is 1. The summed E-state index contributed by atoms with van der Waals surface area (Å²) in [5.41, 5.74) is 6.01. The first kappa shape index (κ1) is 16.6. The molecule has 2 aromatic rings. The predicted molar refractivity (Wildman–Crippen MR) is 102 cm³/mol.